The van der Waals surface area contributed by atoms with Crippen molar-refractivity contribution in [3.8, 4) is 0 Å². The summed E-state index contributed by atoms with van der Waals surface area (Å²) in [6, 6.07) is 2.14. The standard InChI is InChI=1S/C18H22N4O3S/c23-16-17(24)22(8-13-1-2-13)19-15-9-25-18(12-21(15)16)4-5-20(11-18)7-14-3-6-26-10-14/h3,6,10,13H,1-2,4-5,7-9,11-12H2. The van der Waals surface area contributed by atoms with E-state index in [0.29, 0.717) is 31.4 Å². The number of likely N-dealkylation sites (tertiary alicyclic amines) is 1. The Kier molecular flexibility index (Phi) is 3.88. The van der Waals surface area contributed by atoms with Gasteiger partial charge in [0.2, 0.25) is 0 Å². The third-order valence-corrected chi connectivity index (χ3v) is 6.41. The molecular formula is C18H22N4O3S. The van der Waals surface area contributed by atoms with Gasteiger partial charge in [0.05, 0.1) is 6.54 Å². The van der Waals surface area contributed by atoms with Crippen LogP contribution in [-0.4, -0.2) is 37.9 Å². The first-order chi connectivity index (χ1) is 12.6. The molecule has 0 amide bonds. The summed E-state index contributed by atoms with van der Waals surface area (Å²) in [4.78, 5) is 27.4. The first-order valence-corrected chi connectivity index (χ1v) is 10.1. The van der Waals surface area contributed by atoms with E-state index in [1.54, 1.807) is 15.9 Å². The predicted molar refractivity (Wildman–Crippen MR) is 97.2 cm³/mol. The van der Waals surface area contributed by atoms with Crippen molar-refractivity contribution in [3.05, 3.63) is 48.9 Å². The molecule has 1 saturated carbocycles. The number of fused-ring (bicyclic) bond motifs is 1. The Labute approximate surface area is 154 Å². The lowest BCUT2D eigenvalue weighted by Gasteiger charge is -2.35. The molecule has 2 aliphatic heterocycles. The second kappa shape index (κ2) is 6.14. The van der Waals surface area contributed by atoms with Gasteiger partial charge in [0.1, 0.15) is 12.2 Å². The van der Waals surface area contributed by atoms with E-state index in [1.807, 2.05) is 0 Å². The largest absolute Gasteiger partial charge is 0.364 e. The number of ether oxygens (including phenoxy) is 1. The third-order valence-electron chi connectivity index (χ3n) is 5.67. The van der Waals surface area contributed by atoms with Crippen LogP contribution in [0.5, 0.6) is 0 Å². The van der Waals surface area contributed by atoms with E-state index in [0.717, 1.165) is 38.9 Å². The maximum absolute atomic E-state index is 12.6. The summed E-state index contributed by atoms with van der Waals surface area (Å²) in [5, 5.41) is 8.67. The van der Waals surface area contributed by atoms with Crippen LogP contribution in [0.1, 0.15) is 30.7 Å². The van der Waals surface area contributed by atoms with Gasteiger partial charge in [-0.25, -0.2) is 4.68 Å². The van der Waals surface area contributed by atoms with Crippen molar-refractivity contribution in [3.63, 3.8) is 0 Å². The van der Waals surface area contributed by atoms with Crippen LogP contribution in [0, 0.1) is 5.92 Å². The Bertz CT molecular complexity index is 931. The zero-order valence-electron chi connectivity index (χ0n) is 14.6. The van der Waals surface area contributed by atoms with Crippen molar-refractivity contribution in [2.45, 2.75) is 51.1 Å². The summed E-state index contributed by atoms with van der Waals surface area (Å²) in [6.07, 6.45) is 3.10. The summed E-state index contributed by atoms with van der Waals surface area (Å²) in [5.41, 5.74) is -0.0191. The lowest BCUT2D eigenvalue weighted by atomic mass is 10.0. The highest BCUT2D eigenvalue weighted by Crippen LogP contribution is 2.32. The summed E-state index contributed by atoms with van der Waals surface area (Å²) < 4.78 is 9.11. The summed E-state index contributed by atoms with van der Waals surface area (Å²) >= 11 is 1.71. The van der Waals surface area contributed by atoms with Gasteiger partial charge < -0.3 is 4.74 Å². The van der Waals surface area contributed by atoms with Gasteiger partial charge in [-0.15, -0.1) is 0 Å². The topological polar surface area (TPSA) is 69.4 Å². The zero-order valence-corrected chi connectivity index (χ0v) is 15.4. The average Bonchev–Trinajstić information content (AvgIpc) is 3.15. The molecule has 2 fully saturated rings. The smallest absolute Gasteiger partial charge is 0.332 e. The van der Waals surface area contributed by atoms with Gasteiger partial charge in [0, 0.05) is 26.2 Å². The molecule has 0 radical (unpaired) electrons. The number of thiophene rings is 1. The first kappa shape index (κ1) is 16.4. The molecule has 2 aromatic heterocycles. The molecule has 8 heteroatoms. The molecule has 3 aliphatic rings. The van der Waals surface area contributed by atoms with Crippen LogP contribution in [-0.2, 0) is 31.0 Å². The van der Waals surface area contributed by atoms with Crippen molar-refractivity contribution in [1.29, 1.82) is 0 Å². The van der Waals surface area contributed by atoms with Gasteiger partial charge in [0.15, 0.2) is 5.82 Å². The van der Waals surface area contributed by atoms with Crippen LogP contribution in [0.3, 0.4) is 0 Å². The van der Waals surface area contributed by atoms with E-state index in [1.165, 1.54) is 10.2 Å². The van der Waals surface area contributed by atoms with E-state index in [-0.39, 0.29) is 5.60 Å². The highest BCUT2D eigenvalue weighted by Gasteiger charge is 2.43. The fourth-order valence-corrected chi connectivity index (χ4v) is 4.68. The van der Waals surface area contributed by atoms with E-state index in [9.17, 15) is 9.59 Å². The number of hydrogen-bond acceptors (Lipinski definition) is 6. The van der Waals surface area contributed by atoms with Crippen LogP contribution in [0.2, 0.25) is 0 Å². The van der Waals surface area contributed by atoms with Crippen molar-refractivity contribution in [2.75, 3.05) is 13.1 Å². The monoisotopic (exact) mass is 374 g/mol. The summed E-state index contributed by atoms with van der Waals surface area (Å²) in [6.45, 7) is 3.89. The van der Waals surface area contributed by atoms with Crippen molar-refractivity contribution >= 4 is 11.3 Å². The van der Waals surface area contributed by atoms with Crippen molar-refractivity contribution < 1.29 is 4.74 Å². The van der Waals surface area contributed by atoms with E-state index in [2.05, 4.69) is 26.8 Å². The van der Waals surface area contributed by atoms with Crippen LogP contribution in [0.25, 0.3) is 0 Å². The van der Waals surface area contributed by atoms with Gasteiger partial charge in [0.25, 0.3) is 0 Å². The van der Waals surface area contributed by atoms with Gasteiger partial charge in [-0.2, -0.15) is 16.4 Å². The molecule has 0 aromatic carbocycles. The van der Waals surface area contributed by atoms with Crippen LogP contribution >= 0.6 is 11.3 Å². The minimum Gasteiger partial charge on any atom is -0.364 e. The van der Waals surface area contributed by atoms with Crippen LogP contribution < -0.4 is 11.1 Å². The van der Waals surface area contributed by atoms with E-state index >= 15 is 0 Å². The number of nitrogens with zero attached hydrogens (tertiary/aromatic N) is 4. The third kappa shape index (κ3) is 2.95. The molecule has 1 atom stereocenters. The Balaban J connectivity index is 1.37. The van der Waals surface area contributed by atoms with Crippen molar-refractivity contribution in [1.82, 2.24) is 19.2 Å². The molecule has 2 aromatic rings. The number of rotatable bonds is 4. The van der Waals surface area contributed by atoms with Gasteiger partial charge >= 0.3 is 11.1 Å². The Hall–Kier alpha value is -1.77. The second-order valence-electron chi connectivity index (χ2n) is 7.80. The summed E-state index contributed by atoms with van der Waals surface area (Å²) in [7, 11) is 0. The molecule has 26 heavy (non-hydrogen) atoms. The molecule has 1 unspecified atom stereocenters. The van der Waals surface area contributed by atoms with Gasteiger partial charge in [-0.1, -0.05) is 0 Å². The average molecular weight is 374 g/mol. The Morgan fingerprint density at radius 2 is 2.15 bits per heavy atom. The van der Waals surface area contributed by atoms with Crippen LogP contribution in [0.15, 0.2) is 26.4 Å². The fraction of sp³-hybridized carbons (Fsp3) is 0.611. The number of hydrogen-bond donors (Lipinski definition) is 0. The van der Waals surface area contributed by atoms with Gasteiger partial charge in [-0.05, 0) is 47.6 Å². The fourth-order valence-electron chi connectivity index (χ4n) is 4.02. The lowest BCUT2D eigenvalue weighted by molar-refractivity contribution is -0.0859. The highest BCUT2D eigenvalue weighted by atomic mass is 32.1. The van der Waals surface area contributed by atoms with E-state index < -0.39 is 11.1 Å². The zero-order chi connectivity index (χ0) is 17.7. The molecular weight excluding hydrogens is 352 g/mol. The normalized spacial score (nSPS) is 25.7. The molecule has 138 valence electrons. The second-order valence-corrected chi connectivity index (χ2v) is 8.58. The van der Waals surface area contributed by atoms with E-state index in [4.69, 9.17) is 4.74 Å². The molecule has 5 rings (SSSR count). The lowest BCUT2D eigenvalue weighted by Crippen LogP contribution is -2.53. The Morgan fingerprint density at radius 1 is 1.27 bits per heavy atom. The predicted octanol–water partition coefficient (Wildman–Crippen LogP) is 1.05. The highest BCUT2D eigenvalue weighted by molar-refractivity contribution is 7.07. The minimum absolute atomic E-state index is 0.298. The quantitative estimate of drug-likeness (QED) is 0.749. The van der Waals surface area contributed by atoms with Crippen LogP contribution in [0.4, 0.5) is 0 Å². The van der Waals surface area contributed by atoms with Crippen molar-refractivity contribution in [2.24, 2.45) is 5.92 Å². The first-order valence-electron chi connectivity index (χ1n) is 9.20. The Morgan fingerprint density at radius 3 is 2.92 bits per heavy atom. The minimum atomic E-state index is -0.495. The molecule has 0 bridgehead atoms. The molecule has 0 N–H and O–H groups in total. The van der Waals surface area contributed by atoms with Gasteiger partial charge in [-0.3, -0.25) is 19.1 Å². The molecule has 1 spiro atoms. The molecule has 1 saturated heterocycles. The maximum atomic E-state index is 12.6. The number of aromatic nitrogens is 3. The SMILES string of the molecule is O=c1c(=O)n2c(nn1CC1CC1)COC1(CCN(Cc3ccsc3)C1)C2. The summed E-state index contributed by atoms with van der Waals surface area (Å²) in [5.74, 6) is 1.08. The maximum Gasteiger partial charge on any atom is 0.332 e. The molecule has 4 heterocycles. The molecule has 7 nitrogen and oxygen atoms in total. The molecule has 1 aliphatic carbocycles.